The maximum absolute atomic E-state index is 9.71. The van der Waals surface area contributed by atoms with Gasteiger partial charge in [-0.2, -0.15) is 0 Å². The van der Waals surface area contributed by atoms with E-state index < -0.39 is 0 Å². The Bertz CT molecular complexity index is 322. The van der Waals surface area contributed by atoms with Crippen LogP contribution in [-0.4, -0.2) is 47.8 Å². The van der Waals surface area contributed by atoms with Crippen molar-refractivity contribution >= 4 is 0 Å². The Morgan fingerprint density at radius 1 is 1.05 bits per heavy atom. The number of hydrogen-bond acceptors (Lipinski definition) is 3. The number of hydrogen-bond donors (Lipinski definition) is 2. The molecule has 1 heterocycles. The zero-order valence-corrected chi connectivity index (χ0v) is 14.6. The Labute approximate surface area is 131 Å². The fourth-order valence-electron chi connectivity index (χ4n) is 3.57. The second-order valence-electron chi connectivity index (χ2n) is 8.72. The van der Waals surface area contributed by atoms with Crippen LogP contribution in [-0.2, 0) is 0 Å². The van der Waals surface area contributed by atoms with E-state index in [1.165, 1.54) is 45.2 Å². The molecule has 0 spiro atoms. The molecule has 2 unspecified atom stereocenters. The lowest BCUT2D eigenvalue weighted by Crippen LogP contribution is -2.49. The molecule has 1 saturated heterocycles. The molecule has 1 saturated carbocycles. The van der Waals surface area contributed by atoms with Crippen LogP contribution in [0.1, 0.15) is 66.2 Å². The van der Waals surface area contributed by atoms with Gasteiger partial charge in [0.15, 0.2) is 0 Å². The molecule has 2 atom stereocenters. The van der Waals surface area contributed by atoms with Gasteiger partial charge >= 0.3 is 0 Å². The van der Waals surface area contributed by atoms with E-state index in [1.54, 1.807) is 0 Å². The average molecular weight is 296 g/mol. The molecule has 0 aromatic heterocycles. The molecule has 2 fully saturated rings. The fraction of sp³-hybridized carbons (Fsp3) is 1.00. The first-order chi connectivity index (χ1) is 9.82. The molecule has 2 rings (SSSR count). The van der Waals surface area contributed by atoms with E-state index in [9.17, 15) is 5.11 Å². The van der Waals surface area contributed by atoms with Crippen molar-refractivity contribution in [1.82, 2.24) is 10.2 Å². The fourth-order valence-corrected chi connectivity index (χ4v) is 3.57. The number of aliphatic hydroxyl groups is 1. The minimum absolute atomic E-state index is 0.0864. The molecular weight excluding hydrogens is 260 g/mol. The van der Waals surface area contributed by atoms with E-state index in [1.807, 2.05) is 0 Å². The minimum Gasteiger partial charge on any atom is -0.394 e. The van der Waals surface area contributed by atoms with E-state index in [0.717, 1.165) is 18.9 Å². The predicted molar refractivity (Wildman–Crippen MR) is 89.5 cm³/mol. The SMILES string of the molecule is CC(CO)(CCN1CCCC(C(C)(C)C)CC1)NC1CC1. The first-order valence-electron chi connectivity index (χ1n) is 8.93. The van der Waals surface area contributed by atoms with Crippen molar-refractivity contribution in [1.29, 1.82) is 0 Å². The zero-order valence-electron chi connectivity index (χ0n) is 14.6. The Hall–Kier alpha value is -0.120. The van der Waals surface area contributed by atoms with Crippen LogP contribution in [0.15, 0.2) is 0 Å². The molecule has 1 aliphatic heterocycles. The summed E-state index contributed by atoms with van der Waals surface area (Å²) in [7, 11) is 0. The molecule has 0 amide bonds. The largest absolute Gasteiger partial charge is 0.394 e. The van der Waals surface area contributed by atoms with Crippen molar-refractivity contribution in [3.63, 3.8) is 0 Å². The molecule has 0 bridgehead atoms. The van der Waals surface area contributed by atoms with Crippen molar-refractivity contribution in [3.05, 3.63) is 0 Å². The Morgan fingerprint density at radius 3 is 2.33 bits per heavy atom. The molecular formula is C18H36N2O. The summed E-state index contributed by atoms with van der Waals surface area (Å²) in [5, 5.41) is 13.3. The normalized spacial score (nSPS) is 28.1. The topological polar surface area (TPSA) is 35.5 Å². The summed E-state index contributed by atoms with van der Waals surface area (Å²) in [6.07, 6.45) is 7.65. The van der Waals surface area contributed by atoms with Crippen molar-refractivity contribution in [2.45, 2.75) is 77.8 Å². The molecule has 3 heteroatoms. The number of nitrogens with one attached hydrogen (secondary N) is 1. The molecule has 0 aromatic carbocycles. The minimum atomic E-state index is -0.0864. The Balaban J connectivity index is 1.77. The molecule has 2 N–H and O–H groups in total. The van der Waals surface area contributed by atoms with Gasteiger partial charge < -0.3 is 15.3 Å². The first-order valence-corrected chi connectivity index (χ1v) is 8.93. The highest BCUT2D eigenvalue weighted by Gasteiger charge is 2.33. The molecule has 3 nitrogen and oxygen atoms in total. The second-order valence-corrected chi connectivity index (χ2v) is 8.72. The van der Waals surface area contributed by atoms with Crippen LogP contribution in [0.3, 0.4) is 0 Å². The summed E-state index contributed by atoms with van der Waals surface area (Å²) in [6, 6.07) is 0.663. The average Bonchev–Trinajstić information content (AvgIpc) is 3.21. The number of rotatable bonds is 6. The summed E-state index contributed by atoms with van der Waals surface area (Å²) in [5.41, 5.74) is 0.361. The van der Waals surface area contributed by atoms with E-state index >= 15 is 0 Å². The van der Waals surface area contributed by atoms with Crippen molar-refractivity contribution < 1.29 is 5.11 Å². The van der Waals surface area contributed by atoms with Crippen molar-refractivity contribution in [2.75, 3.05) is 26.2 Å². The van der Waals surface area contributed by atoms with Crippen LogP contribution in [0.25, 0.3) is 0 Å². The van der Waals surface area contributed by atoms with Gasteiger partial charge in [-0.1, -0.05) is 20.8 Å². The number of nitrogens with zero attached hydrogens (tertiary/aromatic N) is 1. The van der Waals surface area contributed by atoms with Gasteiger partial charge in [0.2, 0.25) is 0 Å². The van der Waals surface area contributed by atoms with E-state index in [2.05, 4.69) is 37.9 Å². The highest BCUT2D eigenvalue weighted by Crippen LogP contribution is 2.34. The third-order valence-electron chi connectivity index (χ3n) is 5.50. The summed E-state index contributed by atoms with van der Waals surface area (Å²) >= 11 is 0. The third-order valence-corrected chi connectivity index (χ3v) is 5.50. The highest BCUT2D eigenvalue weighted by atomic mass is 16.3. The van der Waals surface area contributed by atoms with Gasteiger partial charge in [0, 0.05) is 11.6 Å². The molecule has 0 aromatic rings. The van der Waals surface area contributed by atoms with Gasteiger partial charge in [0.1, 0.15) is 0 Å². The summed E-state index contributed by atoms with van der Waals surface area (Å²) in [4.78, 5) is 2.62. The van der Waals surface area contributed by atoms with Gasteiger partial charge in [-0.05, 0) is 76.4 Å². The maximum Gasteiger partial charge on any atom is 0.0611 e. The molecule has 21 heavy (non-hydrogen) atoms. The third kappa shape index (κ3) is 5.54. The Morgan fingerprint density at radius 2 is 1.76 bits per heavy atom. The summed E-state index contributed by atoms with van der Waals surface area (Å²) in [6.45, 7) is 13.2. The summed E-state index contributed by atoms with van der Waals surface area (Å²) < 4.78 is 0. The van der Waals surface area contributed by atoms with Crippen LogP contribution in [0.4, 0.5) is 0 Å². The highest BCUT2D eigenvalue weighted by molar-refractivity contribution is 4.93. The van der Waals surface area contributed by atoms with E-state index in [4.69, 9.17) is 0 Å². The lowest BCUT2D eigenvalue weighted by Gasteiger charge is -2.32. The van der Waals surface area contributed by atoms with Gasteiger partial charge in [-0.15, -0.1) is 0 Å². The van der Waals surface area contributed by atoms with Gasteiger partial charge in [-0.25, -0.2) is 0 Å². The molecule has 0 radical (unpaired) electrons. The molecule has 1 aliphatic carbocycles. The number of likely N-dealkylation sites (tertiary alicyclic amines) is 1. The van der Waals surface area contributed by atoms with Crippen LogP contribution < -0.4 is 5.32 Å². The van der Waals surface area contributed by atoms with Gasteiger partial charge in [0.25, 0.3) is 0 Å². The first kappa shape index (κ1) is 17.2. The van der Waals surface area contributed by atoms with Crippen molar-refractivity contribution in [2.24, 2.45) is 11.3 Å². The lowest BCUT2D eigenvalue weighted by molar-refractivity contribution is 0.142. The Kier molecular flexibility index (Phi) is 5.72. The number of aliphatic hydroxyl groups excluding tert-OH is 1. The molecule has 124 valence electrons. The lowest BCUT2D eigenvalue weighted by atomic mass is 9.77. The summed E-state index contributed by atoms with van der Waals surface area (Å²) in [5.74, 6) is 0.858. The maximum atomic E-state index is 9.71. The quantitative estimate of drug-likeness (QED) is 0.791. The van der Waals surface area contributed by atoms with Crippen LogP contribution in [0, 0.1) is 11.3 Å². The standard InChI is InChI=1S/C18H36N2O/c1-17(2,3)15-6-5-11-20(12-9-15)13-10-18(4,14-21)19-16-7-8-16/h15-16,19,21H,5-14H2,1-4H3. The monoisotopic (exact) mass is 296 g/mol. The smallest absolute Gasteiger partial charge is 0.0611 e. The van der Waals surface area contributed by atoms with E-state index in [0.29, 0.717) is 11.5 Å². The second kappa shape index (κ2) is 6.97. The van der Waals surface area contributed by atoms with Crippen LogP contribution >= 0.6 is 0 Å². The van der Waals surface area contributed by atoms with Crippen LogP contribution in [0.5, 0.6) is 0 Å². The predicted octanol–water partition coefficient (Wildman–Crippen LogP) is 3.03. The van der Waals surface area contributed by atoms with Gasteiger partial charge in [-0.3, -0.25) is 0 Å². The zero-order chi connectivity index (χ0) is 15.5. The van der Waals surface area contributed by atoms with Crippen LogP contribution in [0.2, 0.25) is 0 Å². The van der Waals surface area contributed by atoms with Crippen molar-refractivity contribution in [3.8, 4) is 0 Å². The van der Waals surface area contributed by atoms with Gasteiger partial charge in [0.05, 0.1) is 6.61 Å². The molecule has 2 aliphatic rings. The van der Waals surface area contributed by atoms with E-state index in [-0.39, 0.29) is 12.1 Å².